The molecule has 0 amide bonds. The Morgan fingerprint density at radius 2 is 1.71 bits per heavy atom. The van der Waals surface area contributed by atoms with Crippen molar-refractivity contribution in [3.05, 3.63) is 77.0 Å². The monoisotopic (exact) mass is 713 g/mol. The zero-order chi connectivity index (χ0) is 36.5. The minimum absolute atomic E-state index is 0.0547. The topological polar surface area (TPSA) is 161 Å². The first-order chi connectivity index (χ1) is 25.2. The van der Waals surface area contributed by atoms with Crippen molar-refractivity contribution in [1.82, 2.24) is 9.88 Å². The van der Waals surface area contributed by atoms with Gasteiger partial charge in [-0.1, -0.05) is 12.1 Å². The fraction of sp³-hybridized carbons (Fsp3) is 0.410. The molecule has 1 saturated carbocycles. The van der Waals surface area contributed by atoms with Crippen LogP contribution in [0, 0.1) is 17.8 Å². The molecular weight excluding hydrogens is 670 g/mol. The third-order valence-corrected chi connectivity index (χ3v) is 10.7. The summed E-state index contributed by atoms with van der Waals surface area (Å²) in [6.07, 6.45) is 1.14. The van der Waals surface area contributed by atoms with E-state index in [0.717, 1.165) is 37.2 Å². The number of aromatic nitrogens is 1. The van der Waals surface area contributed by atoms with Crippen LogP contribution in [0.5, 0.6) is 23.0 Å². The van der Waals surface area contributed by atoms with Gasteiger partial charge in [-0.05, 0) is 85.0 Å². The number of nitrogen functional groups attached to an aromatic ring is 1. The summed E-state index contributed by atoms with van der Waals surface area (Å²) in [5.41, 5.74) is 10.7. The molecule has 4 aromatic rings. The zero-order valence-electron chi connectivity index (χ0n) is 29.6. The van der Waals surface area contributed by atoms with Gasteiger partial charge in [0.1, 0.15) is 18.5 Å². The molecule has 3 aliphatic rings. The molecule has 2 fully saturated rings. The maximum atomic E-state index is 13.7. The highest BCUT2D eigenvalue weighted by Gasteiger charge is 2.49. The van der Waals surface area contributed by atoms with E-state index in [9.17, 15) is 14.4 Å². The molecule has 0 bridgehead atoms. The summed E-state index contributed by atoms with van der Waals surface area (Å²) in [5, 5.41) is 1.21. The average Bonchev–Trinajstić information content (AvgIpc) is 3.54. The number of anilines is 1. The van der Waals surface area contributed by atoms with Gasteiger partial charge in [0.05, 0.1) is 46.0 Å². The maximum absolute atomic E-state index is 13.7. The highest BCUT2D eigenvalue weighted by molar-refractivity contribution is 5.91. The summed E-state index contributed by atoms with van der Waals surface area (Å²) >= 11 is 0. The van der Waals surface area contributed by atoms with E-state index in [1.54, 1.807) is 31.4 Å². The summed E-state index contributed by atoms with van der Waals surface area (Å²) in [4.78, 5) is 45.7. The lowest BCUT2D eigenvalue weighted by Gasteiger charge is -2.51. The lowest BCUT2D eigenvalue weighted by molar-refractivity contribution is -0.155. The van der Waals surface area contributed by atoms with Crippen LogP contribution in [-0.4, -0.2) is 75.6 Å². The van der Waals surface area contributed by atoms with Gasteiger partial charge in [-0.3, -0.25) is 9.69 Å². The number of carbonyl (C=O) groups excluding carboxylic acids is 3. The van der Waals surface area contributed by atoms with Crippen LogP contribution in [0.1, 0.15) is 52.5 Å². The average molecular weight is 714 g/mol. The third kappa shape index (κ3) is 6.80. The summed E-state index contributed by atoms with van der Waals surface area (Å²) in [7, 11) is 5.83. The number of carbonyl (C=O) groups is 3. The van der Waals surface area contributed by atoms with Crippen molar-refractivity contribution in [3.63, 3.8) is 0 Å². The summed E-state index contributed by atoms with van der Waals surface area (Å²) in [6, 6.07) is 16.0. The Bertz CT molecular complexity index is 1970. The lowest BCUT2D eigenvalue weighted by atomic mass is 9.65. The van der Waals surface area contributed by atoms with Gasteiger partial charge in [0.2, 0.25) is 5.75 Å². The highest BCUT2D eigenvalue weighted by Crippen LogP contribution is 2.50. The van der Waals surface area contributed by atoms with Gasteiger partial charge in [0.15, 0.2) is 11.5 Å². The van der Waals surface area contributed by atoms with Crippen LogP contribution in [0.25, 0.3) is 10.9 Å². The van der Waals surface area contributed by atoms with Crippen LogP contribution >= 0.6 is 0 Å². The molecule has 0 radical (unpaired) electrons. The van der Waals surface area contributed by atoms with Crippen LogP contribution < -0.4 is 24.7 Å². The number of methoxy groups -OCH3 is 4. The largest absolute Gasteiger partial charge is 0.514 e. The second-order valence-corrected chi connectivity index (χ2v) is 13.6. The van der Waals surface area contributed by atoms with E-state index in [1.165, 1.54) is 50.1 Å². The molecule has 274 valence electrons. The summed E-state index contributed by atoms with van der Waals surface area (Å²) in [5.74, 6) is -0.279. The first-order valence-electron chi connectivity index (χ1n) is 17.4. The molecule has 52 heavy (non-hydrogen) atoms. The SMILES string of the molecule is COC(=O)C1CC(OC(=O)c2cc(OC)c(OC(=O)OCc3cccc(N)c3)c(OC)c2)C[C@@H]2CN3CCc4c([nH]c5cc(OC)ccc45)C3C[C@H]12. The van der Waals surface area contributed by atoms with E-state index in [1.807, 2.05) is 12.1 Å². The number of nitrogens with zero attached hydrogens (tertiary/aromatic N) is 1. The van der Waals surface area contributed by atoms with Crippen molar-refractivity contribution in [3.8, 4) is 23.0 Å². The predicted octanol–water partition coefficient (Wildman–Crippen LogP) is 5.84. The molecule has 3 N–H and O–H groups in total. The Kier molecular flexibility index (Phi) is 9.87. The number of nitrogens with two attached hydrogens (primary N) is 1. The van der Waals surface area contributed by atoms with E-state index in [0.29, 0.717) is 24.1 Å². The van der Waals surface area contributed by atoms with Gasteiger partial charge in [-0.25, -0.2) is 9.59 Å². The van der Waals surface area contributed by atoms with E-state index >= 15 is 0 Å². The smallest absolute Gasteiger partial charge is 0.497 e. The van der Waals surface area contributed by atoms with Crippen molar-refractivity contribution in [1.29, 1.82) is 0 Å². The van der Waals surface area contributed by atoms with Crippen LogP contribution in [0.15, 0.2) is 54.6 Å². The highest BCUT2D eigenvalue weighted by atomic mass is 16.7. The van der Waals surface area contributed by atoms with Crippen LogP contribution in [0.4, 0.5) is 10.5 Å². The van der Waals surface area contributed by atoms with Gasteiger partial charge >= 0.3 is 18.1 Å². The Balaban J connectivity index is 1.06. The standard InChI is InChI=1S/C39H43N3O10/c1-46-25-8-9-27-28-10-11-42-19-23-13-26(16-30(38(44)49-4)29(23)18-32(42)35(28)41-31(27)17-25)51-37(43)22-14-33(47-2)36(34(15-22)48-3)52-39(45)50-20-21-6-5-7-24(40)12-21/h5-9,12,14-15,17,23,26,29-30,32,41H,10-11,13,16,18-20,40H2,1-4H3/t23-,26?,29+,30?,32?/m1/s1. The molecule has 3 unspecified atom stereocenters. The van der Waals surface area contributed by atoms with Crippen LogP contribution in [0.3, 0.4) is 0 Å². The fourth-order valence-electron chi connectivity index (χ4n) is 8.31. The van der Waals surface area contributed by atoms with Crippen molar-refractivity contribution < 1.29 is 47.5 Å². The molecule has 3 aromatic carbocycles. The molecule has 1 saturated heterocycles. The lowest BCUT2D eigenvalue weighted by Crippen LogP contribution is -2.52. The molecular formula is C39H43N3O10. The van der Waals surface area contributed by atoms with Gasteiger partial charge in [0.25, 0.3) is 0 Å². The second-order valence-electron chi connectivity index (χ2n) is 13.6. The molecule has 3 heterocycles. The van der Waals surface area contributed by atoms with Crippen molar-refractivity contribution in [2.24, 2.45) is 17.8 Å². The minimum Gasteiger partial charge on any atom is -0.497 e. The third-order valence-electron chi connectivity index (χ3n) is 10.7. The Morgan fingerprint density at radius 1 is 0.923 bits per heavy atom. The van der Waals surface area contributed by atoms with E-state index < -0.39 is 24.1 Å². The van der Waals surface area contributed by atoms with Crippen molar-refractivity contribution in [2.75, 3.05) is 47.3 Å². The minimum atomic E-state index is -0.996. The van der Waals surface area contributed by atoms with E-state index in [4.69, 9.17) is 38.9 Å². The van der Waals surface area contributed by atoms with Gasteiger partial charge < -0.3 is 43.9 Å². The quantitative estimate of drug-likeness (QED) is 0.0925. The molecule has 13 nitrogen and oxygen atoms in total. The van der Waals surface area contributed by atoms with Crippen LogP contribution in [-0.2, 0) is 32.0 Å². The Hall–Kier alpha value is -5.43. The molecule has 7 rings (SSSR count). The molecule has 13 heteroatoms. The first kappa shape index (κ1) is 35.0. The van der Waals surface area contributed by atoms with Gasteiger partial charge in [-0.2, -0.15) is 0 Å². The number of benzene rings is 3. The fourth-order valence-corrected chi connectivity index (χ4v) is 8.31. The molecule has 5 atom stereocenters. The second kappa shape index (κ2) is 14.7. The number of ether oxygens (including phenoxy) is 7. The normalized spacial score (nSPS) is 22.3. The zero-order valence-corrected chi connectivity index (χ0v) is 29.6. The number of nitrogens with one attached hydrogen (secondary N) is 1. The number of piperidine rings is 1. The first-order valence-corrected chi connectivity index (χ1v) is 17.4. The number of fused-ring (bicyclic) bond motifs is 6. The van der Waals surface area contributed by atoms with Crippen molar-refractivity contribution >= 4 is 34.7 Å². The summed E-state index contributed by atoms with van der Waals surface area (Å²) < 4.78 is 38.5. The summed E-state index contributed by atoms with van der Waals surface area (Å²) in [6.45, 7) is 1.61. The van der Waals surface area contributed by atoms with Crippen molar-refractivity contribution in [2.45, 2.75) is 44.4 Å². The number of rotatable bonds is 9. The molecule has 0 spiro atoms. The number of hydrogen-bond acceptors (Lipinski definition) is 12. The predicted molar refractivity (Wildman–Crippen MR) is 190 cm³/mol. The van der Waals surface area contributed by atoms with Gasteiger partial charge in [0, 0.05) is 41.4 Å². The Labute approximate surface area is 301 Å². The molecule has 2 aliphatic heterocycles. The van der Waals surface area contributed by atoms with Crippen LogP contribution in [0.2, 0.25) is 0 Å². The molecule has 1 aromatic heterocycles. The number of esters is 2. The Morgan fingerprint density at radius 3 is 2.42 bits per heavy atom. The number of aromatic amines is 1. The van der Waals surface area contributed by atoms with Gasteiger partial charge in [-0.15, -0.1) is 0 Å². The number of hydrogen-bond donors (Lipinski definition) is 2. The maximum Gasteiger partial charge on any atom is 0.514 e. The van der Waals surface area contributed by atoms with E-state index in [2.05, 4.69) is 16.0 Å². The molecule has 1 aliphatic carbocycles. The number of H-pyrrole nitrogens is 1. The van der Waals surface area contributed by atoms with E-state index in [-0.39, 0.29) is 53.3 Å².